The number of carbonyl (C=O) groups is 2. The van der Waals surface area contributed by atoms with Gasteiger partial charge in [-0.05, 0) is 24.1 Å². The van der Waals surface area contributed by atoms with Crippen LogP contribution in [-0.2, 0) is 9.59 Å². The third kappa shape index (κ3) is 4.80. The number of anilines is 1. The van der Waals surface area contributed by atoms with E-state index in [0.29, 0.717) is 6.42 Å². The first-order chi connectivity index (χ1) is 15.1. The Hall–Kier alpha value is -3.93. The summed E-state index contributed by atoms with van der Waals surface area (Å²) in [5.41, 5.74) is 7.06. The molecule has 0 aliphatic carbocycles. The van der Waals surface area contributed by atoms with Crippen molar-refractivity contribution >= 4 is 23.2 Å². The topological polar surface area (TPSA) is 82.6 Å². The van der Waals surface area contributed by atoms with Crippen LogP contribution in [0.4, 0.5) is 5.69 Å². The van der Waals surface area contributed by atoms with Crippen molar-refractivity contribution in [2.45, 2.75) is 25.4 Å². The molecule has 2 atom stereocenters. The molecule has 0 bridgehead atoms. The van der Waals surface area contributed by atoms with Gasteiger partial charge in [0.05, 0.1) is 17.8 Å². The van der Waals surface area contributed by atoms with Gasteiger partial charge in [0.1, 0.15) is 0 Å². The molecule has 3 N–H and O–H groups in total. The number of carbonyl (C=O) groups excluding carboxylic acids is 2. The van der Waals surface area contributed by atoms with Gasteiger partial charge in [0.2, 0.25) is 0 Å². The number of benzene rings is 3. The van der Waals surface area contributed by atoms with Gasteiger partial charge in [-0.15, -0.1) is 0 Å². The van der Waals surface area contributed by atoms with E-state index in [1.165, 1.54) is 0 Å². The zero-order valence-corrected chi connectivity index (χ0v) is 17.2. The molecule has 1 aliphatic heterocycles. The van der Waals surface area contributed by atoms with Gasteiger partial charge in [-0.1, -0.05) is 78.9 Å². The van der Waals surface area contributed by atoms with Crippen molar-refractivity contribution < 1.29 is 9.59 Å². The minimum atomic E-state index is -0.789. The van der Waals surface area contributed by atoms with Crippen LogP contribution < -0.4 is 16.1 Å². The smallest absolute Gasteiger partial charge is 0.329 e. The van der Waals surface area contributed by atoms with E-state index in [2.05, 4.69) is 33.3 Å². The molecule has 6 heteroatoms. The third-order valence-electron chi connectivity index (χ3n) is 5.31. The van der Waals surface area contributed by atoms with Gasteiger partial charge >= 0.3 is 11.8 Å². The van der Waals surface area contributed by atoms with Crippen LogP contribution in [0.2, 0.25) is 0 Å². The lowest BCUT2D eigenvalue weighted by molar-refractivity contribution is -0.139. The van der Waals surface area contributed by atoms with Crippen LogP contribution >= 0.6 is 0 Å². The number of rotatable bonds is 4. The maximum absolute atomic E-state index is 12.4. The molecule has 1 heterocycles. The number of fused-ring (bicyclic) bond motifs is 1. The number of nitrogens with zero attached hydrogens (tertiary/aromatic N) is 1. The van der Waals surface area contributed by atoms with Gasteiger partial charge in [-0.25, -0.2) is 5.43 Å². The SMILES string of the molecule is CC(NC(=O)C(=O)N/N=C1\CC(c2ccccc2)Nc2ccccc21)c1ccccc1. The number of hydrazone groups is 1. The zero-order valence-electron chi connectivity index (χ0n) is 17.2. The first kappa shape index (κ1) is 20.3. The Morgan fingerprint density at radius 1 is 0.903 bits per heavy atom. The minimum absolute atomic E-state index is 0.0266. The van der Waals surface area contributed by atoms with Crippen molar-refractivity contribution in [1.82, 2.24) is 10.7 Å². The van der Waals surface area contributed by atoms with E-state index >= 15 is 0 Å². The molecule has 1 aliphatic rings. The molecule has 3 aromatic rings. The summed E-state index contributed by atoms with van der Waals surface area (Å²) in [7, 11) is 0. The van der Waals surface area contributed by atoms with E-state index in [9.17, 15) is 9.59 Å². The average Bonchev–Trinajstić information content (AvgIpc) is 2.83. The monoisotopic (exact) mass is 412 g/mol. The van der Waals surface area contributed by atoms with Gasteiger partial charge in [0.15, 0.2) is 0 Å². The Bertz CT molecular complexity index is 1100. The van der Waals surface area contributed by atoms with Crippen LogP contribution in [0.15, 0.2) is 90.0 Å². The predicted molar refractivity (Wildman–Crippen MR) is 122 cm³/mol. The van der Waals surface area contributed by atoms with Crippen LogP contribution in [0.1, 0.15) is 42.1 Å². The minimum Gasteiger partial charge on any atom is -0.377 e. The average molecular weight is 412 g/mol. The summed E-state index contributed by atoms with van der Waals surface area (Å²) >= 11 is 0. The van der Waals surface area contributed by atoms with Crippen molar-refractivity contribution in [2.24, 2.45) is 5.10 Å². The Morgan fingerprint density at radius 3 is 2.29 bits per heavy atom. The summed E-state index contributed by atoms with van der Waals surface area (Å²) in [4.78, 5) is 24.7. The van der Waals surface area contributed by atoms with Crippen molar-refractivity contribution in [1.29, 1.82) is 0 Å². The van der Waals surface area contributed by atoms with Crippen LogP contribution in [0.25, 0.3) is 0 Å². The lowest BCUT2D eigenvalue weighted by atomic mass is 9.92. The standard InChI is InChI=1S/C25H24N4O2/c1-17(18-10-4-2-5-11-18)26-24(30)25(31)29-28-23-16-22(19-12-6-3-7-13-19)27-21-15-9-8-14-20(21)23/h2-15,17,22,27H,16H2,1H3,(H,26,30)(H,29,31)/b28-23+. The van der Waals surface area contributed by atoms with Crippen molar-refractivity contribution in [3.63, 3.8) is 0 Å². The molecule has 0 fully saturated rings. The zero-order chi connectivity index (χ0) is 21.6. The fourth-order valence-corrected chi connectivity index (χ4v) is 3.65. The van der Waals surface area contributed by atoms with E-state index in [4.69, 9.17) is 0 Å². The van der Waals surface area contributed by atoms with E-state index in [0.717, 1.165) is 28.1 Å². The van der Waals surface area contributed by atoms with Gasteiger partial charge in [0, 0.05) is 17.7 Å². The number of para-hydroxylation sites is 1. The van der Waals surface area contributed by atoms with Crippen LogP contribution in [-0.4, -0.2) is 17.5 Å². The van der Waals surface area contributed by atoms with Crippen molar-refractivity contribution in [3.8, 4) is 0 Å². The van der Waals surface area contributed by atoms with Crippen molar-refractivity contribution in [2.75, 3.05) is 5.32 Å². The molecule has 156 valence electrons. The van der Waals surface area contributed by atoms with Gasteiger partial charge in [-0.2, -0.15) is 5.10 Å². The quantitative estimate of drug-likeness (QED) is 0.448. The Kier molecular flexibility index (Phi) is 6.08. The molecule has 4 rings (SSSR count). The molecule has 2 amide bonds. The Morgan fingerprint density at radius 2 is 1.55 bits per heavy atom. The lowest BCUT2D eigenvalue weighted by Crippen LogP contribution is -2.39. The van der Waals surface area contributed by atoms with Crippen LogP contribution in [0.3, 0.4) is 0 Å². The molecule has 0 saturated carbocycles. The van der Waals surface area contributed by atoms with E-state index < -0.39 is 11.8 Å². The largest absolute Gasteiger partial charge is 0.377 e. The van der Waals surface area contributed by atoms with E-state index in [1.807, 2.05) is 79.7 Å². The van der Waals surface area contributed by atoms with Crippen molar-refractivity contribution in [3.05, 3.63) is 102 Å². The highest BCUT2D eigenvalue weighted by Crippen LogP contribution is 2.32. The molecule has 6 nitrogen and oxygen atoms in total. The number of hydrogen-bond acceptors (Lipinski definition) is 4. The molecule has 3 aromatic carbocycles. The first-order valence-electron chi connectivity index (χ1n) is 10.2. The highest BCUT2D eigenvalue weighted by atomic mass is 16.2. The highest BCUT2D eigenvalue weighted by molar-refractivity contribution is 6.35. The molecule has 2 unspecified atom stereocenters. The summed E-state index contributed by atoms with van der Waals surface area (Å²) in [6.45, 7) is 1.83. The maximum Gasteiger partial charge on any atom is 0.329 e. The highest BCUT2D eigenvalue weighted by Gasteiger charge is 2.25. The number of amides is 2. The number of nitrogens with one attached hydrogen (secondary N) is 3. The Balaban J connectivity index is 1.48. The molecular weight excluding hydrogens is 388 g/mol. The molecule has 31 heavy (non-hydrogen) atoms. The summed E-state index contributed by atoms with van der Waals surface area (Å²) < 4.78 is 0. The molecule has 0 aromatic heterocycles. The first-order valence-corrected chi connectivity index (χ1v) is 10.2. The Labute approximate surface area is 181 Å². The second-order valence-electron chi connectivity index (χ2n) is 7.46. The fourth-order valence-electron chi connectivity index (χ4n) is 3.65. The second-order valence-corrected chi connectivity index (χ2v) is 7.46. The third-order valence-corrected chi connectivity index (χ3v) is 5.31. The predicted octanol–water partition coefficient (Wildman–Crippen LogP) is 3.94. The van der Waals surface area contributed by atoms with Gasteiger partial charge in [-0.3, -0.25) is 9.59 Å². The van der Waals surface area contributed by atoms with Gasteiger partial charge in [0.25, 0.3) is 0 Å². The molecule has 0 saturated heterocycles. The van der Waals surface area contributed by atoms with E-state index in [-0.39, 0.29) is 12.1 Å². The van der Waals surface area contributed by atoms with Gasteiger partial charge < -0.3 is 10.6 Å². The van der Waals surface area contributed by atoms with Crippen LogP contribution in [0.5, 0.6) is 0 Å². The fraction of sp³-hybridized carbons (Fsp3) is 0.160. The molecule has 0 radical (unpaired) electrons. The number of hydrogen-bond donors (Lipinski definition) is 3. The van der Waals surface area contributed by atoms with Crippen LogP contribution in [0, 0.1) is 0 Å². The summed E-state index contributed by atoms with van der Waals surface area (Å²) in [5.74, 6) is -1.51. The second kappa shape index (κ2) is 9.26. The maximum atomic E-state index is 12.4. The molecule has 0 spiro atoms. The summed E-state index contributed by atoms with van der Waals surface area (Å²) in [5, 5.41) is 10.5. The summed E-state index contributed by atoms with van der Waals surface area (Å²) in [6, 6.07) is 27.1. The van der Waals surface area contributed by atoms with E-state index in [1.54, 1.807) is 0 Å². The molecular formula is C25H24N4O2. The normalized spacial score (nSPS) is 17.2. The lowest BCUT2D eigenvalue weighted by Gasteiger charge is -2.28. The summed E-state index contributed by atoms with van der Waals surface area (Å²) in [6.07, 6.45) is 0.587.